The van der Waals surface area contributed by atoms with Crippen molar-refractivity contribution in [2.45, 2.75) is 26.7 Å². The molecule has 8 nitrogen and oxygen atoms in total. The fourth-order valence-corrected chi connectivity index (χ4v) is 2.42. The highest BCUT2D eigenvalue weighted by molar-refractivity contribution is 5.75. The molecule has 118 valence electrons. The predicted octanol–water partition coefficient (Wildman–Crippen LogP) is 0.621. The zero-order valence-electron chi connectivity index (χ0n) is 12.9. The Balaban J connectivity index is 2.03. The van der Waals surface area contributed by atoms with Crippen LogP contribution in [0.1, 0.15) is 28.6 Å². The van der Waals surface area contributed by atoms with Crippen molar-refractivity contribution in [2.75, 3.05) is 0 Å². The number of carbonyl (C=O) groups is 1. The smallest absolute Gasteiger partial charge is 0.225 e. The van der Waals surface area contributed by atoms with Gasteiger partial charge in [0.2, 0.25) is 5.91 Å². The fourth-order valence-electron chi connectivity index (χ4n) is 2.42. The van der Waals surface area contributed by atoms with Crippen LogP contribution in [0.25, 0.3) is 5.69 Å². The number of aromatic amines is 1. The minimum Gasteiger partial charge on any atom is -0.369 e. The van der Waals surface area contributed by atoms with Crippen LogP contribution in [0.4, 0.5) is 0 Å². The van der Waals surface area contributed by atoms with Gasteiger partial charge in [-0.05, 0) is 26.0 Å². The van der Waals surface area contributed by atoms with Crippen molar-refractivity contribution in [1.29, 1.82) is 0 Å². The summed E-state index contributed by atoms with van der Waals surface area (Å²) < 4.78 is 1.69. The Labute approximate surface area is 132 Å². The summed E-state index contributed by atoms with van der Waals surface area (Å²) in [5.41, 5.74) is 9.00. The van der Waals surface area contributed by atoms with E-state index < -0.39 is 5.91 Å². The van der Waals surface area contributed by atoms with E-state index in [1.807, 2.05) is 26.0 Å². The van der Waals surface area contributed by atoms with Gasteiger partial charge in [0.25, 0.3) is 0 Å². The van der Waals surface area contributed by atoms with Crippen LogP contribution in [0, 0.1) is 13.8 Å². The van der Waals surface area contributed by atoms with Crippen LogP contribution in [0.2, 0.25) is 0 Å². The van der Waals surface area contributed by atoms with Gasteiger partial charge in [0, 0.05) is 23.9 Å². The van der Waals surface area contributed by atoms with E-state index in [2.05, 4.69) is 25.3 Å². The van der Waals surface area contributed by atoms with Crippen LogP contribution in [0.15, 0.2) is 24.5 Å². The first-order valence-electron chi connectivity index (χ1n) is 7.18. The molecule has 1 amide bonds. The van der Waals surface area contributed by atoms with E-state index in [0.717, 1.165) is 22.6 Å². The summed E-state index contributed by atoms with van der Waals surface area (Å²) in [7, 11) is 0. The van der Waals surface area contributed by atoms with Crippen LogP contribution in [-0.4, -0.2) is 35.9 Å². The zero-order chi connectivity index (χ0) is 16.4. The first-order chi connectivity index (χ1) is 11.0. The van der Waals surface area contributed by atoms with E-state index in [1.54, 1.807) is 17.1 Å². The summed E-state index contributed by atoms with van der Waals surface area (Å²) in [5, 5.41) is 11.6. The second-order valence-corrected chi connectivity index (χ2v) is 5.30. The first-order valence-corrected chi connectivity index (χ1v) is 7.18. The van der Waals surface area contributed by atoms with Gasteiger partial charge in [-0.25, -0.2) is 9.67 Å². The van der Waals surface area contributed by atoms with Crippen molar-refractivity contribution < 1.29 is 4.79 Å². The lowest BCUT2D eigenvalue weighted by molar-refractivity contribution is -0.117. The van der Waals surface area contributed by atoms with Crippen LogP contribution in [-0.2, 0) is 17.6 Å². The minimum absolute atomic E-state index is 0.00358. The van der Waals surface area contributed by atoms with E-state index in [4.69, 9.17) is 5.73 Å². The molecule has 0 saturated heterocycles. The average Bonchev–Trinajstić information content (AvgIpc) is 3.06. The molecule has 0 saturated carbocycles. The Morgan fingerprint density at radius 3 is 2.83 bits per heavy atom. The molecule has 3 aromatic heterocycles. The van der Waals surface area contributed by atoms with E-state index >= 15 is 0 Å². The zero-order valence-corrected chi connectivity index (χ0v) is 12.9. The molecule has 8 heteroatoms. The average molecular weight is 311 g/mol. The van der Waals surface area contributed by atoms with Crippen molar-refractivity contribution in [1.82, 2.24) is 29.9 Å². The minimum atomic E-state index is -0.462. The highest BCUT2D eigenvalue weighted by atomic mass is 16.1. The molecule has 0 bridgehead atoms. The normalized spacial score (nSPS) is 10.9. The van der Waals surface area contributed by atoms with Crippen molar-refractivity contribution in [3.8, 4) is 5.69 Å². The maximum absolute atomic E-state index is 11.2. The molecule has 0 aliphatic rings. The quantitative estimate of drug-likeness (QED) is 0.716. The summed E-state index contributed by atoms with van der Waals surface area (Å²) in [6, 6.07) is 3.71. The third-order valence-electron chi connectivity index (χ3n) is 3.56. The number of carbonyl (C=O) groups excluding carboxylic acids is 1. The number of hydrogen-bond acceptors (Lipinski definition) is 5. The Bertz CT molecular complexity index is 815. The highest BCUT2D eigenvalue weighted by Gasteiger charge is 2.17. The van der Waals surface area contributed by atoms with E-state index in [-0.39, 0.29) is 6.42 Å². The molecule has 0 unspecified atom stereocenters. The van der Waals surface area contributed by atoms with Crippen molar-refractivity contribution >= 4 is 5.91 Å². The molecule has 0 atom stereocenters. The van der Waals surface area contributed by atoms with Gasteiger partial charge in [-0.2, -0.15) is 10.2 Å². The molecule has 0 aliphatic heterocycles. The van der Waals surface area contributed by atoms with Gasteiger partial charge in [0.05, 0.1) is 24.0 Å². The standard InChI is InChI=1S/C15H17N7O/c1-9-12(10(2)20-19-9)6-15-18-14(7-13(16)23)21-22(15)11-4-3-5-17-8-11/h3-5,8H,6-7H2,1-2H3,(H2,16,23)(H,19,20). The second kappa shape index (κ2) is 5.99. The van der Waals surface area contributed by atoms with Gasteiger partial charge in [0.1, 0.15) is 5.82 Å². The third-order valence-corrected chi connectivity index (χ3v) is 3.56. The molecule has 0 radical (unpaired) electrons. The van der Waals surface area contributed by atoms with E-state index in [9.17, 15) is 4.79 Å². The summed E-state index contributed by atoms with van der Waals surface area (Å²) in [5.74, 6) is 0.646. The van der Waals surface area contributed by atoms with Crippen molar-refractivity contribution in [3.05, 3.63) is 53.1 Å². The molecule has 3 N–H and O–H groups in total. The van der Waals surface area contributed by atoms with Crippen molar-refractivity contribution in [2.24, 2.45) is 5.73 Å². The molecular weight excluding hydrogens is 294 g/mol. The van der Waals surface area contributed by atoms with Gasteiger partial charge in [-0.3, -0.25) is 14.9 Å². The van der Waals surface area contributed by atoms with Gasteiger partial charge < -0.3 is 5.73 Å². The van der Waals surface area contributed by atoms with Crippen LogP contribution in [0.5, 0.6) is 0 Å². The molecule has 0 aliphatic carbocycles. The Hall–Kier alpha value is -3.03. The Morgan fingerprint density at radius 1 is 1.39 bits per heavy atom. The molecule has 3 heterocycles. The van der Waals surface area contributed by atoms with Crippen LogP contribution >= 0.6 is 0 Å². The predicted molar refractivity (Wildman–Crippen MR) is 82.9 cm³/mol. The van der Waals surface area contributed by atoms with Gasteiger partial charge in [-0.15, -0.1) is 0 Å². The molecule has 3 rings (SSSR count). The number of aromatic nitrogens is 6. The number of H-pyrrole nitrogens is 1. The summed E-state index contributed by atoms with van der Waals surface area (Å²) in [6.07, 6.45) is 3.94. The molecule has 0 fully saturated rings. The number of pyridine rings is 1. The molecule has 23 heavy (non-hydrogen) atoms. The summed E-state index contributed by atoms with van der Waals surface area (Å²) in [6.45, 7) is 3.90. The van der Waals surface area contributed by atoms with Gasteiger partial charge in [0.15, 0.2) is 5.82 Å². The molecule has 3 aromatic rings. The van der Waals surface area contributed by atoms with E-state index in [1.165, 1.54) is 0 Å². The highest BCUT2D eigenvalue weighted by Crippen LogP contribution is 2.17. The number of hydrogen-bond donors (Lipinski definition) is 2. The number of aryl methyl sites for hydroxylation is 2. The summed E-state index contributed by atoms with van der Waals surface area (Å²) >= 11 is 0. The molecule has 0 spiro atoms. The molecule has 0 aromatic carbocycles. The molecular formula is C15H17N7O. The first kappa shape index (κ1) is 14.9. The number of amides is 1. The number of rotatable bonds is 5. The van der Waals surface area contributed by atoms with Crippen LogP contribution in [0.3, 0.4) is 0 Å². The summed E-state index contributed by atoms with van der Waals surface area (Å²) in [4.78, 5) is 19.7. The van der Waals surface area contributed by atoms with Gasteiger partial charge in [-0.1, -0.05) is 0 Å². The SMILES string of the molecule is Cc1n[nH]c(C)c1Cc1nc(CC(N)=O)nn1-c1cccnc1. The maximum Gasteiger partial charge on any atom is 0.225 e. The lowest BCUT2D eigenvalue weighted by Crippen LogP contribution is -2.14. The number of nitrogens with one attached hydrogen (secondary N) is 1. The Kier molecular flexibility index (Phi) is 3.88. The topological polar surface area (TPSA) is 115 Å². The van der Waals surface area contributed by atoms with E-state index in [0.29, 0.717) is 18.1 Å². The fraction of sp³-hybridized carbons (Fsp3) is 0.267. The second-order valence-electron chi connectivity index (χ2n) is 5.30. The number of nitrogens with zero attached hydrogens (tertiary/aromatic N) is 5. The lowest BCUT2D eigenvalue weighted by atomic mass is 10.1. The van der Waals surface area contributed by atoms with Crippen molar-refractivity contribution in [3.63, 3.8) is 0 Å². The largest absolute Gasteiger partial charge is 0.369 e. The number of nitrogens with two attached hydrogens (primary N) is 1. The lowest BCUT2D eigenvalue weighted by Gasteiger charge is -2.05. The third kappa shape index (κ3) is 3.10. The van der Waals surface area contributed by atoms with Crippen LogP contribution < -0.4 is 5.73 Å². The number of primary amides is 1. The Morgan fingerprint density at radius 2 is 2.22 bits per heavy atom. The monoisotopic (exact) mass is 311 g/mol. The van der Waals surface area contributed by atoms with Gasteiger partial charge >= 0.3 is 0 Å². The maximum atomic E-state index is 11.2.